The zero-order chi connectivity index (χ0) is 20.3. The highest BCUT2D eigenvalue weighted by Crippen LogP contribution is 2.17. The van der Waals surface area contributed by atoms with Crippen LogP contribution in [0.3, 0.4) is 0 Å². The van der Waals surface area contributed by atoms with Crippen molar-refractivity contribution in [3.05, 3.63) is 77.1 Å². The highest BCUT2D eigenvalue weighted by atomic mass is 32.2. The van der Waals surface area contributed by atoms with Gasteiger partial charge < -0.3 is 5.32 Å². The van der Waals surface area contributed by atoms with E-state index in [9.17, 15) is 18.0 Å². The summed E-state index contributed by atoms with van der Waals surface area (Å²) in [6.45, 7) is 1.55. The van der Waals surface area contributed by atoms with E-state index in [1.165, 1.54) is 30.3 Å². The Morgan fingerprint density at radius 3 is 2.29 bits per heavy atom. The topological polar surface area (TPSA) is 124 Å². The maximum Gasteiger partial charge on any atom is 0.267 e. The Morgan fingerprint density at radius 1 is 1.04 bits per heavy atom. The van der Waals surface area contributed by atoms with Gasteiger partial charge in [0, 0.05) is 17.3 Å². The summed E-state index contributed by atoms with van der Waals surface area (Å²) in [6.07, 6.45) is 0. The molecule has 28 heavy (non-hydrogen) atoms. The van der Waals surface area contributed by atoms with Crippen molar-refractivity contribution >= 4 is 21.6 Å². The maximum atomic E-state index is 12.5. The van der Waals surface area contributed by atoms with Crippen molar-refractivity contribution in [1.82, 2.24) is 9.78 Å². The molecule has 1 aromatic heterocycles. The summed E-state index contributed by atoms with van der Waals surface area (Å²) in [4.78, 5) is 24.7. The van der Waals surface area contributed by atoms with E-state index in [0.717, 1.165) is 10.2 Å². The number of primary sulfonamides is 1. The van der Waals surface area contributed by atoms with Crippen LogP contribution in [0.25, 0.3) is 11.3 Å². The summed E-state index contributed by atoms with van der Waals surface area (Å²) >= 11 is 0. The van der Waals surface area contributed by atoms with Crippen molar-refractivity contribution in [2.24, 2.45) is 5.14 Å². The predicted molar refractivity (Wildman–Crippen MR) is 105 cm³/mol. The number of hydrogen-bond acceptors (Lipinski definition) is 5. The van der Waals surface area contributed by atoms with Crippen molar-refractivity contribution < 1.29 is 13.2 Å². The van der Waals surface area contributed by atoms with Gasteiger partial charge in [-0.3, -0.25) is 9.59 Å². The number of hydrogen-bond donors (Lipinski definition) is 2. The highest BCUT2D eigenvalue weighted by molar-refractivity contribution is 7.89. The number of amides is 1. The Balaban J connectivity index is 1.82. The minimum atomic E-state index is -3.81. The van der Waals surface area contributed by atoms with Crippen molar-refractivity contribution in [3.63, 3.8) is 0 Å². The van der Waals surface area contributed by atoms with E-state index in [1.54, 1.807) is 13.0 Å². The molecule has 8 nitrogen and oxygen atoms in total. The molecule has 0 aliphatic heterocycles. The molecule has 0 fully saturated rings. The van der Waals surface area contributed by atoms with Gasteiger partial charge >= 0.3 is 0 Å². The third-order valence-corrected chi connectivity index (χ3v) is 5.02. The van der Waals surface area contributed by atoms with Gasteiger partial charge in [-0.05, 0) is 37.3 Å². The van der Waals surface area contributed by atoms with Gasteiger partial charge in [0.25, 0.3) is 5.56 Å². The fourth-order valence-corrected chi connectivity index (χ4v) is 3.07. The number of anilines is 1. The highest BCUT2D eigenvalue weighted by Gasteiger charge is 2.18. The molecule has 0 saturated heterocycles. The molecule has 3 aromatic rings. The number of aromatic nitrogens is 2. The first-order chi connectivity index (χ1) is 13.3. The molecule has 0 spiro atoms. The molecule has 9 heteroatoms. The largest absolute Gasteiger partial charge is 0.324 e. The van der Waals surface area contributed by atoms with Crippen LogP contribution in [0.5, 0.6) is 0 Å². The number of rotatable bonds is 5. The predicted octanol–water partition coefficient (Wildman–Crippen LogP) is 1.76. The second-order valence-corrected chi connectivity index (χ2v) is 7.66. The lowest BCUT2D eigenvalue weighted by molar-refractivity contribution is -0.119. The summed E-state index contributed by atoms with van der Waals surface area (Å²) < 4.78 is 23.7. The molecule has 3 rings (SSSR count). The standard InChI is InChI=1S/C19H18N4O4S/c1-13(19(25)21-15-7-9-16(10-8-15)28(20,26)27)23-18(24)12-11-17(22-23)14-5-3-2-4-6-14/h2-13H,1H3,(H,21,25)(H2,20,26,27). The smallest absolute Gasteiger partial charge is 0.267 e. The summed E-state index contributed by atoms with van der Waals surface area (Å²) in [5.74, 6) is -0.469. The van der Waals surface area contributed by atoms with Gasteiger partial charge in [-0.1, -0.05) is 30.3 Å². The molecule has 3 N–H and O–H groups in total. The van der Waals surface area contributed by atoms with Crippen LogP contribution in [0.1, 0.15) is 13.0 Å². The fraction of sp³-hybridized carbons (Fsp3) is 0.105. The first-order valence-electron chi connectivity index (χ1n) is 8.35. The average molecular weight is 398 g/mol. The lowest BCUT2D eigenvalue weighted by atomic mass is 10.1. The first-order valence-corrected chi connectivity index (χ1v) is 9.89. The molecule has 0 radical (unpaired) electrons. The van der Waals surface area contributed by atoms with E-state index in [2.05, 4.69) is 10.4 Å². The van der Waals surface area contributed by atoms with Gasteiger partial charge in [0.2, 0.25) is 15.9 Å². The first kappa shape index (κ1) is 19.5. The van der Waals surface area contributed by atoms with E-state index in [-0.39, 0.29) is 4.90 Å². The Bertz CT molecular complexity index is 1160. The van der Waals surface area contributed by atoms with Crippen molar-refractivity contribution in [2.75, 3.05) is 5.32 Å². The van der Waals surface area contributed by atoms with Gasteiger partial charge in [-0.15, -0.1) is 0 Å². The minimum Gasteiger partial charge on any atom is -0.324 e. The molecule has 0 saturated carbocycles. The van der Waals surface area contributed by atoms with Crippen LogP contribution in [-0.2, 0) is 14.8 Å². The molecule has 144 valence electrons. The number of nitrogens with one attached hydrogen (secondary N) is 1. The Hall–Kier alpha value is -3.30. The molecule has 1 unspecified atom stereocenters. The number of benzene rings is 2. The van der Waals surface area contributed by atoms with Crippen LogP contribution in [0.2, 0.25) is 0 Å². The molecule has 0 aliphatic rings. The van der Waals surface area contributed by atoms with Crippen LogP contribution in [0.4, 0.5) is 5.69 Å². The summed E-state index contributed by atoms with van der Waals surface area (Å²) in [6, 6.07) is 16.8. The van der Waals surface area contributed by atoms with E-state index in [1.807, 2.05) is 30.3 Å². The number of sulfonamides is 1. The number of nitrogens with zero attached hydrogens (tertiary/aromatic N) is 2. The quantitative estimate of drug-likeness (QED) is 0.678. The fourth-order valence-electron chi connectivity index (χ4n) is 2.55. The monoisotopic (exact) mass is 398 g/mol. The maximum absolute atomic E-state index is 12.5. The number of carbonyl (C=O) groups is 1. The molecular formula is C19H18N4O4S. The molecule has 2 aromatic carbocycles. The minimum absolute atomic E-state index is 0.0630. The molecule has 1 amide bonds. The Kier molecular flexibility index (Phi) is 5.39. The second-order valence-electron chi connectivity index (χ2n) is 6.10. The molecule has 1 atom stereocenters. The average Bonchev–Trinajstić information content (AvgIpc) is 2.68. The number of nitrogens with two attached hydrogens (primary N) is 1. The van der Waals surface area contributed by atoms with E-state index in [0.29, 0.717) is 11.4 Å². The molecular weight excluding hydrogens is 380 g/mol. The zero-order valence-corrected chi connectivity index (χ0v) is 15.8. The van der Waals surface area contributed by atoms with Crippen molar-refractivity contribution in [3.8, 4) is 11.3 Å². The van der Waals surface area contributed by atoms with Crippen molar-refractivity contribution in [1.29, 1.82) is 0 Å². The molecule has 1 heterocycles. The van der Waals surface area contributed by atoms with Gasteiger partial charge in [0.05, 0.1) is 10.6 Å². The number of carbonyl (C=O) groups excluding carboxylic acids is 1. The van der Waals surface area contributed by atoms with Crippen LogP contribution in [0, 0.1) is 0 Å². The normalized spacial score (nSPS) is 12.4. The van der Waals surface area contributed by atoms with Crippen LogP contribution >= 0.6 is 0 Å². The Morgan fingerprint density at radius 2 is 1.68 bits per heavy atom. The SMILES string of the molecule is CC(C(=O)Nc1ccc(S(N)(=O)=O)cc1)n1nc(-c2ccccc2)ccc1=O. The molecule has 0 aliphatic carbocycles. The third-order valence-electron chi connectivity index (χ3n) is 4.09. The van der Waals surface area contributed by atoms with Gasteiger partial charge in [-0.25, -0.2) is 18.2 Å². The summed E-state index contributed by atoms with van der Waals surface area (Å²) in [5, 5.41) is 12.0. The van der Waals surface area contributed by atoms with E-state index in [4.69, 9.17) is 5.14 Å². The van der Waals surface area contributed by atoms with Crippen LogP contribution in [0.15, 0.2) is 76.4 Å². The summed E-state index contributed by atoms with van der Waals surface area (Å²) in [5.41, 5.74) is 1.35. The lowest BCUT2D eigenvalue weighted by Crippen LogP contribution is -2.33. The van der Waals surface area contributed by atoms with Gasteiger partial charge in [0.15, 0.2) is 0 Å². The van der Waals surface area contributed by atoms with E-state index < -0.39 is 27.5 Å². The van der Waals surface area contributed by atoms with E-state index >= 15 is 0 Å². The third kappa shape index (κ3) is 4.33. The van der Waals surface area contributed by atoms with Crippen LogP contribution in [-0.4, -0.2) is 24.1 Å². The van der Waals surface area contributed by atoms with Crippen molar-refractivity contribution in [2.45, 2.75) is 17.9 Å². The lowest BCUT2D eigenvalue weighted by Gasteiger charge is -2.15. The van der Waals surface area contributed by atoms with Gasteiger partial charge in [-0.2, -0.15) is 5.10 Å². The van der Waals surface area contributed by atoms with Gasteiger partial charge in [0.1, 0.15) is 6.04 Å². The molecule has 0 bridgehead atoms. The summed E-state index contributed by atoms with van der Waals surface area (Å²) in [7, 11) is -3.81. The second kappa shape index (κ2) is 7.75. The Labute approximate surface area is 161 Å². The zero-order valence-electron chi connectivity index (χ0n) is 14.9. The van der Waals surface area contributed by atoms with Crippen LogP contribution < -0.4 is 16.0 Å².